The molecule has 5 rings (SSSR count). The minimum Gasteiger partial charge on any atom is -0.489 e. The molecule has 0 spiro atoms. The highest BCUT2D eigenvalue weighted by atomic mass is 32.1. The van der Waals surface area contributed by atoms with Gasteiger partial charge >= 0.3 is 5.97 Å². The molecular weight excluding hydrogens is 536 g/mol. The molecular formula is C33H30N2O5S. The van der Waals surface area contributed by atoms with Gasteiger partial charge in [-0.2, -0.15) is 0 Å². The monoisotopic (exact) mass is 566 g/mol. The van der Waals surface area contributed by atoms with Gasteiger partial charge in [-0.25, -0.2) is 9.79 Å². The number of aromatic nitrogens is 1. The van der Waals surface area contributed by atoms with Gasteiger partial charge in [0.25, 0.3) is 5.56 Å². The molecule has 0 amide bonds. The Morgan fingerprint density at radius 3 is 2.39 bits per heavy atom. The predicted molar refractivity (Wildman–Crippen MR) is 160 cm³/mol. The number of nitrogens with zero attached hydrogens (tertiary/aromatic N) is 2. The maximum atomic E-state index is 13.7. The number of thiazole rings is 1. The smallest absolute Gasteiger partial charge is 0.338 e. The highest BCUT2D eigenvalue weighted by Crippen LogP contribution is 2.31. The largest absolute Gasteiger partial charge is 0.489 e. The lowest BCUT2D eigenvalue weighted by Crippen LogP contribution is -2.40. The van der Waals surface area contributed by atoms with E-state index in [1.807, 2.05) is 97.1 Å². The van der Waals surface area contributed by atoms with E-state index in [9.17, 15) is 9.59 Å². The number of ether oxygens (including phenoxy) is 3. The fraction of sp³-hybridized carbons (Fsp3) is 0.182. The molecule has 1 aliphatic heterocycles. The van der Waals surface area contributed by atoms with Gasteiger partial charge in [0, 0.05) is 7.11 Å². The standard InChI is InChI=1S/C33H30N2O5S/c1-23-29(32(37)39-21-20-38-2)30(26-16-18-27(19-17-26)40-22-25-12-7-4-8-13-25)35-31(36)28(41-33(35)34-23)15-9-14-24-10-5-3-6-11-24/h3-19,30H,20-22H2,1-2H3. The first-order valence-corrected chi connectivity index (χ1v) is 14.0. The van der Waals surface area contributed by atoms with Crippen LogP contribution in [-0.2, 0) is 20.9 Å². The molecule has 1 unspecified atom stereocenters. The van der Waals surface area contributed by atoms with E-state index in [0.717, 1.165) is 16.7 Å². The molecule has 1 aliphatic rings. The van der Waals surface area contributed by atoms with E-state index < -0.39 is 12.0 Å². The predicted octanol–water partition coefficient (Wildman–Crippen LogP) is 4.67. The Labute approximate surface area is 242 Å². The lowest BCUT2D eigenvalue weighted by Gasteiger charge is -2.25. The lowest BCUT2D eigenvalue weighted by atomic mass is 9.96. The van der Waals surface area contributed by atoms with Gasteiger partial charge in [0.1, 0.15) is 19.0 Å². The molecule has 4 aromatic rings. The van der Waals surface area contributed by atoms with Crippen LogP contribution in [0.3, 0.4) is 0 Å². The number of carbonyl (C=O) groups excluding carboxylic acids is 1. The van der Waals surface area contributed by atoms with E-state index in [1.165, 1.54) is 11.3 Å². The quantitative estimate of drug-likeness (QED) is 0.206. The van der Waals surface area contributed by atoms with Gasteiger partial charge in [0.2, 0.25) is 0 Å². The number of methoxy groups -OCH3 is 1. The van der Waals surface area contributed by atoms with Crippen LogP contribution in [0.4, 0.5) is 0 Å². The first kappa shape index (κ1) is 28.0. The fourth-order valence-electron chi connectivity index (χ4n) is 4.51. The summed E-state index contributed by atoms with van der Waals surface area (Å²) in [6, 6.07) is 26.5. The average Bonchev–Trinajstić information content (AvgIpc) is 3.31. The van der Waals surface area contributed by atoms with Crippen molar-refractivity contribution in [3.8, 4) is 5.75 Å². The zero-order chi connectivity index (χ0) is 28.6. The molecule has 1 atom stereocenters. The van der Waals surface area contributed by atoms with Gasteiger partial charge in [0.15, 0.2) is 4.80 Å². The van der Waals surface area contributed by atoms with Crippen molar-refractivity contribution >= 4 is 29.5 Å². The van der Waals surface area contributed by atoms with Crippen molar-refractivity contribution in [2.45, 2.75) is 19.6 Å². The van der Waals surface area contributed by atoms with E-state index >= 15 is 0 Å². The molecule has 208 valence electrons. The number of rotatable bonds is 10. The molecule has 3 aromatic carbocycles. The number of hydrogen-bond donors (Lipinski definition) is 0. The number of carbonyl (C=O) groups is 1. The second-order valence-corrected chi connectivity index (χ2v) is 10.4. The summed E-state index contributed by atoms with van der Waals surface area (Å²) >= 11 is 1.29. The lowest BCUT2D eigenvalue weighted by molar-refractivity contribution is -0.140. The van der Waals surface area contributed by atoms with Gasteiger partial charge in [-0.05, 0) is 41.8 Å². The Balaban J connectivity index is 1.50. The molecule has 2 heterocycles. The van der Waals surface area contributed by atoms with E-state index in [0.29, 0.717) is 33.0 Å². The summed E-state index contributed by atoms with van der Waals surface area (Å²) in [5.74, 6) is 0.150. The SMILES string of the molecule is COCCOC(=O)C1=C(C)N=c2sc(=CC=Cc3ccccc3)c(=O)n2C1c1ccc(OCc2ccccc2)cc1. The molecule has 0 N–H and O–H groups in total. The summed E-state index contributed by atoms with van der Waals surface area (Å²) in [7, 11) is 1.54. The second kappa shape index (κ2) is 13.2. The molecule has 0 fully saturated rings. The number of fused-ring (bicyclic) bond motifs is 1. The number of benzene rings is 3. The Morgan fingerprint density at radius 1 is 0.976 bits per heavy atom. The molecule has 0 aliphatic carbocycles. The number of allylic oxidation sites excluding steroid dienone is 2. The number of hydrogen-bond acceptors (Lipinski definition) is 7. The van der Waals surface area contributed by atoms with Crippen LogP contribution in [0.1, 0.15) is 29.7 Å². The van der Waals surface area contributed by atoms with E-state index in [2.05, 4.69) is 4.99 Å². The average molecular weight is 567 g/mol. The molecule has 0 saturated heterocycles. The summed E-state index contributed by atoms with van der Waals surface area (Å²) in [5, 5.41) is 0. The zero-order valence-electron chi connectivity index (χ0n) is 22.9. The van der Waals surface area contributed by atoms with Crippen LogP contribution >= 0.6 is 11.3 Å². The molecule has 1 aromatic heterocycles. The van der Waals surface area contributed by atoms with Crippen molar-refractivity contribution in [2.24, 2.45) is 4.99 Å². The minimum atomic E-state index is -0.704. The third-order valence-corrected chi connectivity index (χ3v) is 7.54. The second-order valence-electron chi connectivity index (χ2n) is 9.35. The van der Waals surface area contributed by atoms with Gasteiger partial charge < -0.3 is 14.2 Å². The van der Waals surface area contributed by atoms with Gasteiger partial charge in [0.05, 0.1) is 28.5 Å². The highest BCUT2D eigenvalue weighted by molar-refractivity contribution is 7.07. The maximum Gasteiger partial charge on any atom is 0.338 e. The van der Waals surface area contributed by atoms with Gasteiger partial charge in [-0.3, -0.25) is 9.36 Å². The zero-order valence-corrected chi connectivity index (χ0v) is 23.7. The Bertz CT molecular complexity index is 1740. The Morgan fingerprint density at radius 2 is 1.68 bits per heavy atom. The van der Waals surface area contributed by atoms with Crippen LogP contribution in [0, 0.1) is 0 Å². The summed E-state index contributed by atoms with van der Waals surface area (Å²) in [6.07, 6.45) is 5.57. The van der Waals surface area contributed by atoms with Crippen molar-refractivity contribution < 1.29 is 19.0 Å². The van der Waals surface area contributed by atoms with Crippen LogP contribution in [0.25, 0.3) is 12.2 Å². The van der Waals surface area contributed by atoms with Crippen LogP contribution < -0.4 is 19.6 Å². The Kier molecular flexibility index (Phi) is 9.03. The third kappa shape index (κ3) is 6.62. The third-order valence-electron chi connectivity index (χ3n) is 6.54. The van der Waals surface area contributed by atoms with Crippen molar-refractivity contribution in [3.05, 3.63) is 139 Å². The van der Waals surface area contributed by atoms with E-state index in [-0.39, 0.29) is 18.8 Å². The van der Waals surface area contributed by atoms with Crippen LogP contribution in [-0.4, -0.2) is 30.9 Å². The molecule has 41 heavy (non-hydrogen) atoms. The van der Waals surface area contributed by atoms with E-state index in [4.69, 9.17) is 14.2 Å². The fourth-order valence-corrected chi connectivity index (χ4v) is 5.50. The summed E-state index contributed by atoms with van der Waals surface area (Å²) in [6.45, 7) is 2.57. The first-order chi connectivity index (χ1) is 20.0. The van der Waals surface area contributed by atoms with Gasteiger partial charge in [-0.1, -0.05) is 96.3 Å². The van der Waals surface area contributed by atoms with Crippen molar-refractivity contribution in [1.82, 2.24) is 4.57 Å². The Hall–Kier alpha value is -4.53. The van der Waals surface area contributed by atoms with Crippen LogP contribution in [0.2, 0.25) is 0 Å². The van der Waals surface area contributed by atoms with Crippen molar-refractivity contribution in [1.29, 1.82) is 0 Å². The number of esters is 1. The van der Waals surface area contributed by atoms with E-state index in [1.54, 1.807) is 24.7 Å². The normalized spacial score (nSPS) is 15.1. The van der Waals surface area contributed by atoms with Crippen molar-refractivity contribution in [3.63, 3.8) is 0 Å². The maximum absolute atomic E-state index is 13.7. The van der Waals surface area contributed by atoms with Crippen LogP contribution in [0.15, 0.2) is 112 Å². The first-order valence-electron chi connectivity index (χ1n) is 13.2. The summed E-state index contributed by atoms with van der Waals surface area (Å²) in [5.41, 5.74) is 3.44. The van der Waals surface area contributed by atoms with Gasteiger partial charge in [-0.15, -0.1) is 0 Å². The van der Waals surface area contributed by atoms with Crippen molar-refractivity contribution in [2.75, 3.05) is 20.3 Å². The highest BCUT2D eigenvalue weighted by Gasteiger charge is 2.33. The minimum absolute atomic E-state index is 0.0970. The topological polar surface area (TPSA) is 79.1 Å². The molecule has 0 saturated carbocycles. The summed E-state index contributed by atoms with van der Waals surface area (Å²) in [4.78, 5) is 32.2. The summed E-state index contributed by atoms with van der Waals surface area (Å²) < 4.78 is 18.6. The molecule has 7 nitrogen and oxygen atoms in total. The molecule has 8 heteroatoms. The molecule has 0 bridgehead atoms. The molecule has 0 radical (unpaired) electrons. The van der Waals surface area contributed by atoms with Crippen LogP contribution in [0.5, 0.6) is 5.75 Å².